The average molecular weight is 477 g/mol. The molecular weight excluding hydrogens is 456 g/mol. The SMILES string of the molecule is Cc1ccc(N2C(=O)[C@@H]3[C@H](ON(c4ccccc4)[C@@H]3c3ccc(Br)cc3)C2=O)cc1C. The lowest BCUT2D eigenvalue weighted by Crippen LogP contribution is -2.37. The zero-order valence-electron chi connectivity index (χ0n) is 17.2. The van der Waals surface area contributed by atoms with E-state index in [0.29, 0.717) is 5.69 Å². The molecule has 3 aromatic carbocycles. The van der Waals surface area contributed by atoms with Gasteiger partial charge in [-0.3, -0.25) is 14.4 Å². The molecule has 0 saturated carbocycles. The Bertz CT molecular complexity index is 1160. The van der Waals surface area contributed by atoms with Crippen LogP contribution in [0.5, 0.6) is 0 Å². The van der Waals surface area contributed by atoms with Crippen molar-refractivity contribution in [2.24, 2.45) is 5.92 Å². The Morgan fingerprint density at radius 2 is 1.52 bits per heavy atom. The summed E-state index contributed by atoms with van der Waals surface area (Å²) in [6.45, 7) is 3.98. The number of hydrogen-bond acceptors (Lipinski definition) is 4. The van der Waals surface area contributed by atoms with Crippen molar-refractivity contribution in [1.29, 1.82) is 0 Å². The summed E-state index contributed by atoms with van der Waals surface area (Å²) in [4.78, 5) is 34.4. The van der Waals surface area contributed by atoms with Crippen LogP contribution >= 0.6 is 15.9 Å². The van der Waals surface area contributed by atoms with Crippen LogP contribution in [0, 0.1) is 19.8 Å². The van der Waals surface area contributed by atoms with Crippen molar-refractivity contribution < 1.29 is 14.4 Å². The summed E-state index contributed by atoms with van der Waals surface area (Å²) in [7, 11) is 0. The summed E-state index contributed by atoms with van der Waals surface area (Å²) < 4.78 is 0.948. The third-order valence-electron chi connectivity index (χ3n) is 6.09. The van der Waals surface area contributed by atoms with Gasteiger partial charge in [0, 0.05) is 4.47 Å². The van der Waals surface area contributed by atoms with Crippen LogP contribution in [0.15, 0.2) is 77.3 Å². The molecule has 3 aromatic rings. The molecule has 2 saturated heterocycles. The Balaban J connectivity index is 1.58. The topological polar surface area (TPSA) is 49.9 Å². The van der Waals surface area contributed by atoms with Crippen molar-refractivity contribution in [3.63, 3.8) is 0 Å². The smallest absolute Gasteiger partial charge is 0.266 e. The van der Waals surface area contributed by atoms with E-state index in [4.69, 9.17) is 4.84 Å². The molecule has 156 valence electrons. The number of carbonyl (C=O) groups is 2. The fraction of sp³-hybridized carbons (Fsp3) is 0.200. The summed E-state index contributed by atoms with van der Waals surface area (Å²) in [6, 6.07) is 22.6. The van der Waals surface area contributed by atoms with Gasteiger partial charge in [0.1, 0.15) is 5.92 Å². The molecule has 0 aromatic heterocycles. The molecule has 0 N–H and O–H groups in total. The van der Waals surface area contributed by atoms with Crippen molar-refractivity contribution in [3.05, 3.63) is 94.0 Å². The highest BCUT2D eigenvalue weighted by molar-refractivity contribution is 9.10. The number of aryl methyl sites for hydroxylation is 2. The van der Waals surface area contributed by atoms with Crippen molar-refractivity contribution in [2.45, 2.75) is 26.0 Å². The van der Waals surface area contributed by atoms with E-state index in [2.05, 4.69) is 15.9 Å². The summed E-state index contributed by atoms with van der Waals surface area (Å²) in [5.74, 6) is -1.18. The maximum absolute atomic E-state index is 13.6. The molecule has 0 aliphatic carbocycles. The first-order chi connectivity index (χ1) is 15.0. The minimum Gasteiger partial charge on any atom is -0.273 e. The number of nitrogens with zero attached hydrogens (tertiary/aromatic N) is 2. The third-order valence-corrected chi connectivity index (χ3v) is 6.61. The highest BCUT2D eigenvalue weighted by atomic mass is 79.9. The Kier molecular flexibility index (Phi) is 4.91. The Labute approximate surface area is 189 Å². The first kappa shape index (κ1) is 20.0. The second-order valence-electron chi connectivity index (χ2n) is 7.99. The lowest BCUT2D eigenvalue weighted by atomic mass is 9.90. The minimum absolute atomic E-state index is 0.232. The molecule has 5 rings (SSSR count). The molecule has 2 amide bonds. The Hall–Kier alpha value is -2.96. The molecule has 2 aliphatic heterocycles. The van der Waals surface area contributed by atoms with Crippen molar-refractivity contribution in [2.75, 3.05) is 9.96 Å². The highest BCUT2D eigenvalue weighted by Crippen LogP contribution is 2.47. The van der Waals surface area contributed by atoms with Crippen LogP contribution in [0.4, 0.5) is 11.4 Å². The predicted molar refractivity (Wildman–Crippen MR) is 123 cm³/mol. The van der Waals surface area contributed by atoms with Crippen molar-refractivity contribution >= 4 is 39.1 Å². The van der Waals surface area contributed by atoms with Gasteiger partial charge in [-0.15, -0.1) is 0 Å². The molecule has 0 unspecified atom stereocenters. The van der Waals surface area contributed by atoms with Gasteiger partial charge in [-0.1, -0.05) is 52.3 Å². The fourth-order valence-corrected chi connectivity index (χ4v) is 4.60. The molecule has 0 bridgehead atoms. The maximum atomic E-state index is 13.6. The number of hydrogen-bond donors (Lipinski definition) is 0. The molecule has 31 heavy (non-hydrogen) atoms. The number of rotatable bonds is 3. The largest absolute Gasteiger partial charge is 0.273 e. The molecule has 2 aliphatic rings. The first-order valence-corrected chi connectivity index (χ1v) is 11.0. The number of benzene rings is 3. The number of amides is 2. The highest BCUT2D eigenvalue weighted by Gasteiger charge is 2.60. The van der Waals surface area contributed by atoms with Crippen LogP contribution < -0.4 is 9.96 Å². The summed E-state index contributed by atoms with van der Waals surface area (Å²) in [5.41, 5.74) is 4.47. The number of hydroxylamine groups is 1. The molecule has 5 nitrogen and oxygen atoms in total. The molecule has 2 heterocycles. The molecule has 6 heteroatoms. The van der Waals surface area contributed by atoms with E-state index in [9.17, 15) is 9.59 Å². The number of anilines is 2. The number of carbonyl (C=O) groups excluding carboxylic acids is 2. The quantitative estimate of drug-likeness (QED) is 0.492. The van der Waals surface area contributed by atoms with E-state index in [1.807, 2.05) is 86.6 Å². The zero-order chi connectivity index (χ0) is 21.7. The first-order valence-electron chi connectivity index (χ1n) is 10.2. The average Bonchev–Trinajstić information content (AvgIpc) is 3.28. The van der Waals surface area contributed by atoms with Gasteiger partial charge in [-0.2, -0.15) is 0 Å². The van der Waals surface area contributed by atoms with Crippen LogP contribution in [0.2, 0.25) is 0 Å². The summed E-state index contributed by atoms with van der Waals surface area (Å²) >= 11 is 3.47. The predicted octanol–water partition coefficient (Wildman–Crippen LogP) is 5.12. The lowest BCUT2D eigenvalue weighted by Gasteiger charge is -2.29. The van der Waals surface area contributed by atoms with Crippen LogP contribution in [0.25, 0.3) is 0 Å². The second kappa shape index (κ2) is 7.62. The van der Waals surface area contributed by atoms with Gasteiger partial charge >= 0.3 is 0 Å². The van der Waals surface area contributed by atoms with Gasteiger partial charge < -0.3 is 0 Å². The van der Waals surface area contributed by atoms with Gasteiger partial charge in [-0.25, -0.2) is 9.96 Å². The third kappa shape index (κ3) is 3.27. The lowest BCUT2D eigenvalue weighted by molar-refractivity contribution is -0.126. The summed E-state index contributed by atoms with van der Waals surface area (Å²) in [5, 5.41) is 1.71. The van der Waals surface area contributed by atoms with Crippen LogP contribution in [0.3, 0.4) is 0 Å². The van der Waals surface area contributed by atoms with E-state index >= 15 is 0 Å². The molecule has 0 radical (unpaired) electrons. The molecule has 2 fully saturated rings. The Morgan fingerprint density at radius 3 is 2.19 bits per heavy atom. The van der Waals surface area contributed by atoms with Crippen molar-refractivity contribution in [3.8, 4) is 0 Å². The monoisotopic (exact) mass is 476 g/mol. The maximum Gasteiger partial charge on any atom is 0.266 e. The number of halogens is 1. The fourth-order valence-electron chi connectivity index (χ4n) is 4.33. The normalized spacial score (nSPS) is 22.9. The van der Waals surface area contributed by atoms with Crippen LogP contribution in [-0.2, 0) is 14.4 Å². The number of para-hydroxylation sites is 1. The summed E-state index contributed by atoms with van der Waals surface area (Å²) in [6.07, 6.45) is -0.858. The number of imide groups is 1. The standard InChI is InChI=1S/C25H21BrN2O3/c1-15-8-13-20(14-16(15)2)27-24(29)21-22(17-9-11-18(26)12-10-17)28(31-23(21)25(27)30)19-6-4-3-5-7-19/h3-14,21-23H,1-2H3/t21-,22+,23-/m0/s1. The molecular formula is C25H21BrN2O3. The molecule has 0 spiro atoms. The van der Waals surface area contributed by atoms with E-state index in [0.717, 1.165) is 26.9 Å². The second-order valence-corrected chi connectivity index (χ2v) is 8.91. The minimum atomic E-state index is -0.858. The van der Waals surface area contributed by atoms with E-state index in [1.54, 1.807) is 5.06 Å². The van der Waals surface area contributed by atoms with Gasteiger partial charge in [-0.05, 0) is 66.9 Å². The van der Waals surface area contributed by atoms with Crippen molar-refractivity contribution in [1.82, 2.24) is 0 Å². The molecule has 3 atom stereocenters. The van der Waals surface area contributed by atoms with E-state index in [1.165, 1.54) is 4.90 Å². The van der Waals surface area contributed by atoms with Gasteiger partial charge in [0.2, 0.25) is 5.91 Å². The zero-order valence-corrected chi connectivity index (χ0v) is 18.7. The number of fused-ring (bicyclic) bond motifs is 1. The van der Waals surface area contributed by atoms with E-state index in [-0.39, 0.29) is 11.8 Å². The van der Waals surface area contributed by atoms with E-state index < -0.39 is 18.1 Å². The van der Waals surface area contributed by atoms with Gasteiger partial charge in [0.05, 0.1) is 17.4 Å². The van der Waals surface area contributed by atoms with Gasteiger partial charge in [0.25, 0.3) is 5.91 Å². The van der Waals surface area contributed by atoms with Gasteiger partial charge in [0.15, 0.2) is 6.10 Å². The van der Waals surface area contributed by atoms with Crippen LogP contribution in [-0.4, -0.2) is 17.9 Å². The Morgan fingerprint density at radius 1 is 0.806 bits per heavy atom. The van der Waals surface area contributed by atoms with Crippen LogP contribution in [0.1, 0.15) is 22.7 Å².